The highest BCUT2D eigenvalue weighted by Gasteiger charge is 2.09. The highest BCUT2D eigenvalue weighted by molar-refractivity contribution is 5.91. The maximum atomic E-state index is 13.4. The Kier molecular flexibility index (Phi) is 2.59. The minimum atomic E-state index is -0.667. The molecule has 4 nitrogen and oxygen atoms in total. The summed E-state index contributed by atoms with van der Waals surface area (Å²) in [5.41, 5.74) is 5.38. The monoisotopic (exact) mass is 217 g/mol. The summed E-state index contributed by atoms with van der Waals surface area (Å²) in [7, 11) is 0. The van der Waals surface area contributed by atoms with E-state index < -0.39 is 11.7 Å². The van der Waals surface area contributed by atoms with E-state index in [0.717, 1.165) is 0 Å². The molecule has 0 aliphatic carbocycles. The van der Waals surface area contributed by atoms with Crippen LogP contribution in [0.2, 0.25) is 0 Å². The van der Waals surface area contributed by atoms with Gasteiger partial charge in [0.2, 0.25) is 0 Å². The summed E-state index contributed by atoms with van der Waals surface area (Å²) < 4.78 is 13.4. The van der Waals surface area contributed by atoms with Crippen LogP contribution in [-0.4, -0.2) is 15.9 Å². The van der Waals surface area contributed by atoms with Gasteiger partial charge in [0.1, 0.15) is 11.5 Å². The Bertz CT molecular complexity index is 542. The topological polar surface area (TPSA) is 68.9 Å². The number of aromatic nitrogens is 2. The second-order valence-corrected chi connectivity index (χ2v) is 3.11. The van der Waals surface area contributed by atoms with Gasteiger partial charge in [-0.3, -0.25) is 4.79 Å². The van der Waals surface area contributed by atoms with Gasteiger partial charge in [0, 0.05) is 6.20 Å². The first kappa shape index (κ1) is 10.2. The number of hydrogen-bond acceptors (Lipinski definition) is 3. The van der Waals surface area contributed by atoms with Gasteiger partial charge in [-0.2, -0.15) is 0 Å². The molecule has 0 aliphatic heterocycles. The van der Waals surface area contributed by atoms with E-state index in [9.17, 15) is 9.18 Å². The summed E-state index contributed by atoms with van der Waals surface area (Å²) in [5, 5.41) is 0. The summed E-state index contributed by atoms with van der Waals surface area (Å²) in [6.45, 7) is 0. The minimum absolute atomic E-state index is 0.0632. The van der Waals surface area contributed by atoms with Crippen LogP contribution in [-0.2, 0) is 0 Å². The number of rotatable bonds is 2. The lowest BCUT2D eigenvalue weighted by atomic mass is 10.2. The fraction of sp³-hybridized carbons (Fsp3) is 0. The number of halogens is 1. The van der Waals surface area contributed by atoms with E-state index in [4.69, 9.17) is 5.73 Å². The third-order valence-corrected chi connectivity index (χ3v) is 2.02. The van der Waals surface area contributed by atoms with Crippen molar-refractivity contribution in [1.29, 1.82) is 0 Å². The highest BCUT2D eigenvalue weighted by atomic mass is 19.1. The fourth-order valence-corrected chi connectivity index (χ4v) is 1.27. The molecule has 0 spiro atoms. The highest BCUT2D eigenvalue weighted by Crippen LogP contribution is 2.17. The number of primary amides is 1. The van der Waals surface area contributed by atoms with E-state index in [-0.39, 0.29) is 17.1 Å². The van der Waals surface area contributed by atoms with E-state index in [1.54, 1.807) is 12.1 Å². The third-order valence-electron chi connectivity index (χ3n) is 2.02. The molecule has 1 amide bonds. The molecular weight excluding hydrogens is 209 g/mol. The molecular formula is C11H8FN3O. The van der Waals surface area contributed by atoms with Crippen molar-refractivity contribution >= 4 is 5.91 Å². The lowest BCUT2D eigenvalue weighted by Crippen LogP contribution is -2.13. The molecule has 1 aromatic heterocycles. The van der Waals surface area contributed by atoms with E-state index in [1.807, 2.05) is 0 Å². The molecule has 0 atom stereocenters. The normalized spacial score (nSPS) is 10.1. The third kappa shape index (κ3) is 1.88. The lowest BCUT2D eigenvalue weighted by Gasteiger charge is -2.02. The Balaban J connectivity index is 2.53. The van der Waals surface area contributed by atoms with Crippen molar-refractivity contribution < 1.29 is 9.18 Å². The molecule has 0 fully saturated rings. The maximum absolute atomic E-state index is 13.4. The maximum Gasteiger partial charge on any atom is 0.267 e. The molecule has 1 aromatic carbocycles. The van der Waals surface area contributed by atoms with E-state index >= 15 is 0 Å². The Hall–Kier alpha value is -2.30. The first-order valence-corrected chi connectivity index (χ1v) is 4.56. The van der Waals surface area contributed by atoms with Gasteiger partial charge in [-0.05, 0) is 18.2 Å². The average Bonchev–Trinajstić information content (AvgIpc) is 2.30. The van der Waals surface area contributed by atoms with Crippen molar-refractivity contribution in [2.75, 3.05) is 0 Å². The molecule has 0 saturated carbocycles. The van der Waals surface area contributed by atoms with E-state index in [0.29, 0.717) is 0 Å². The zero-order chi connectivity index (χ0) is 11.5. The molecule has 2 rings (SSSR count). The van der Waals surface area contributed by atoms with Crippen LogP contribution >= 0.6 is 0 Å². The molecule has 2 N–H and O–H groups in total. The summed E-state index contributed by atoms with van der Waals surface area (Å²) in [4.78, 5) is 18.7. The van der Waals surface area contributed by atoms with Gasteiger partial charge in [0.15, 0.2) is 5.82 Å². The Labute approximate surface area is 91.0 Å². The van der Waals surface area contributed by atoms with Crippen LogP contribution in [0.3, 0.4) is 0 Å². The Morgan fingerprint density at radius 2 is 2.00 bits per heavy atom. The van der Waals surface area contributed by atoms with Crippen LogP contribution in [0, 0.1) is 5.82 Å². The van der Waals surface area contributed by atoms with Crippen LogP contribution < -0.4 is 5.73 Å². The number of nitrogens with zero attached hydrogens (tertiary/aromatic N) is 2. The first-order chi connectivity index (χ1) is 7.68. The zero-order valence-corrected chi connectivity index (χ0v) is 8.22. The standard InChI is InChI=1S/C11H8FN3O/c12-8-4-2-1-3-7(8)11-14-6-5-9(15-11)10(13)16/h1-6H,(H2,13,16). The van der Waals surface area contributed by atoms with Gasteiger partial charge in [-0.15, -0.1) is 0 Å². The van der Waals surface area contributed by atoms with Gasteiger partial charge in [0.25, 0.3) is 5.91 Å². The number of carbonyl (C=O) groups is 1. The molecule has 0 radical (unpaired) electrons. The second kappa shape index (κ2) is 4.06. The average molecular weight is 217 g/mol. The summed E-state index contributed by atoms with van der Waals surface area (Å²) in [6, 6.07) is 7.45. The van der Waals surface area contributed by atoms with Crippen molar-refractivity contribution in [2.45, 2.75) is 0 Å². The molecule has 0 aliphatic rings. The van der Waals surface area contributed by atoms with E-state index in [1.165, 1.54) is 24.4 Å². The molecule has 0 saturated heterocycles. The van der Waals surface area contributed by atoms with Gasteiger partial charge < -0.3 is 5.73 Å². The smallest absolute Gasteiger partial charge is 0.267 e. The summed E-state index contributed by atoms with van der Waals surface area (Å²) in [5.74, 6) is -0.960. The number of nitrogens with two attached hydrogens (primary N) is 1. The zero-order valence-electron chi connectivity index (χ0n) is 8.22. The molecule has 1 heterocycles. The van der Waals surface area contributed by atoms with Crippen molar-refractivity contribution in [3.8, 4) is 11.4 Å². The molecule has 16 heavy (non-hydrogen) atoms. The van der Waals surface area contributed by atoms with Gasteiger partial charge in [0.05, 0.1) is 5.56 Å². The van der Waals surface area contributed by atoms with Gasteiger partial charge in [-0.25, -0.2) is 14.4 Å². The lowest BCUT2D eigenvalue weighted by molar-refractivity contribution is 0.0995. The van der Waals surface area contributed by atoms with Crippen LogP contribution in [0.25, 0.3) is 11.4 Å². The number of carbonyl (C=O) groups excluding carboxylic acids is 1. The fourth-order valence-electron chi connectivity index (χ4n) is 1.27. The molecule has 80 valence electrons. The van der Waals surface area contributed by atoms with Crippen LogP contribution in [0.5, 0.6) is 0 Å². The Morgan fingerprint density at radius 3 is 2.69 bits per heavy atom. The molecule has 5 heteroatoms. The van der Waals surface area contributed by atoms with Crippen LogP contribution in [0.15, 0.2) is 36.5 Å². The largest absolute Gasteiger partial charge is 0.364 e. The first-order valence-electron chi connectivity index (χ1n) is 4.56. The van der Waals surface area contributed by atoms with Crippen molar-refractivity contribution in [1.82, 2.24) is 9.97 Å². The van der Waals surface area contributed by atoms with E-state index in [2.05, 4.69) is 9.97 Å². The van der Waals surface area contributed by atoms with Crippen molar-refractivity contribution in [3.05, 3.63) is 48.0 Å². The molecule has 0 unspecified atom stereocenters. The summed E-state index contributed by atoms with van der Waals surface area (Å²) in [6.07, 6.45) is 1.37. The molecule has 2 aromatic rings. The van der Waals surface area contributed by atoms with Gasteiger partial charge in [-0.1, -0.05) is 12.1 Å². The van der Waals surface area contributed by atoms with Crippen LogP contribution in [0.1, 0.15) is 10.5 Å². The van der Waals surface area contributed by atoms with Crippen molar-refractivity contribution in [3.63, 3.8) is 0 Å². The molecule has 0 bridgehead atoms. The summed E-state index contributed by atoms with van der Waals surface area (Å²) >= 11 is 0. The van der Waals surface area contributed by atoms with Gasteiger partial charge >= 0.3 is 0 Å². The van der Waals surface area contributed by atoms with Crippen molar-refractivity contribution in [2.24, 2.45) is 5.73 Å². The Morgan fingerprint density at radius 1 is 1.25 bits per heavy atom. The number of hydrogen-bond donors (Lipinski definition) is 1. The minimum Gasteiger partial charge on any atom is -0.364 e. The predicted octanol–water partition coefficient (Wildman–Crippen LogP) is 1.38. The SMILES string of the molecule is NC(=O)c1ccnc(-c2ccccc2F)n1. The number of benzene rings is 1. The predicted molar refractivity (Wildman–Crippen MR) is 55.9 cm³/mol. The van der Waals surface area contributed by atoms with Crippen LogP contribution in [0.4, 0.5) is 4.39 Å². The second-order valence-electron chi connectivity index (χ2n) is 3.11. The quantitative estimate of drug-likeness (QED) is 0.826. The number of amides is 1.